The Morgan fingerprint density at radius 2 is 1.29 bits per heavy atom. The molecule has 21 heavy (non-hydrogen) atoms. The van der Waals surface area contributed by atoms with Gasteiger partial charge in [-0.15, -0.1) is 0 Å². The van der Waals surface area contributed by atoms with Crippen molar-refractivity contribution in [3.8, 4) is 11.1 Å². The minimum Gasteiger partial charge on any atom is -0.300 e. The van der Waals surface area contributed by atoms with E-state index in [2.05, 4.69) is 68.3 Å². The van der Waals surface area contributed by atoms with Crippen LogP contribution >= 0.6 is 31.9 Å². The minimum atomic E-state index is 0.0200. The second-order valence-corrected chi connectivity index (χ2v) is 7.83. The van der Waals surface area contributed by atoms with Crippen LogP contribution in [0.15, 0.2) is 45.3 Å². The lowest BCUT2D eigenvalue weighted by molar-refractivity contribution is -0.121. The number of Topliss-reactive ketones (excluding diaryl/α,β-unsaturated/α-hetero) is 1. The van der Waals surface area contributed by atoms with E-state index in [1.165, 1.54) is 22.3 Å². The van der Waals surface area contributed by atoms with Crippen LogP contribution in [0.1, 0.15) is 36.8 Å². The van der Waals surface area contributed by atoms with Crippen molar-refractivity contribution in [3.63, 3.8) is 0 Å². The fraction of sp³-hybridized carbons (Fsp3) is 0.278. The van der Waals surface area contributed by atoms with Gasteiger partial charge >= 0.3 is 0 Å². The molecule has 1 spiro atoms. The number of halogens is 2. The Hall–Kier alpha value is -0.930. The second-order valence-electron chi connectivity index (χ2n) is 6.00. The van der Waals surface area contributed by atoms with Crippen molar-refractivity contribution < 1.29 is 4.79 Å². The van der Waals surface area contributed by atoms with E-state index in [1.807, 2.05) is 0 Å². The van der Waals surface area contributed by atoms with Crippen molar-refractivity contribution in [2.24, 2.45) is 0 Å². The molecule has 3 heteroatoms. The SMILES string of the molecule is O=C1CCC2(CC1)c1cc(Br)ccc1-c1ccc(Br)cc12. The highest BCUT2D eigenvalue weighted by molar-refractivity contribution is 9.10. The van der Waals surface area contributed by atoms with Crippen molar-refractivity contribution >= 4 is 37.6 Å². The predicted octanol–water partition coefficient (Wildman–Crippen LogP) is 5.62. The van der Waals surface area contributed by atoms with Crippen LogP contribution in [0.4, 0.5) is 0 Å². The fourth-order valence-electron chi connectivity index (χ4n) is 3.93. The molecule has 2 aliphatic carbocycles. The summed E-state index contributed by atoms with van der Waals surface area (Å²) in [6.45, 7) is 0. The van der Waals surface area contributed by atoms with Gasteiger partial charge in [-0.05, 0) is 59.4 Å². The van der Waals surface area contributed by atoms with Gasteiger partial charge in [0, 0.05) is 27.2 Å². The molecule has 0 saturated heterocycles. The van der Waals surface area contributed by atoms with Gasteiger partial charge in [0.2, 0.25) is 0 Å². The largest absolute Gasteiger partial charge is 0.300 e. The van der Waals surface area contributed by atoms with Gasteiger partial charge in [0.15, 0.2) is 0 Å². The summed E-state index contributed by atoms with van der Waals surface area (Å²) in [6, 6.07) is 13.1. The molecule has 0 aliphatic heterocycles. The van der Waals surface area contributed by atoms with E-state index < -0.39 is 0 Å². The molecular formula is C18H14Br2O. The number of rotatable bonds is 0. The van der Waals surface area contributed by atoms with Gasteiger partial charge in [-0.2, -0.15) is 0 Å². The number of ketones is 1. The summed E-state index contributed by atoms with van der Waals surface area (Å²) < 4.78 is 2.23. The molecule has 0 unspecified atom stereocenters. The Balaban J connectivity index is 2.00. The normalized spacial score (nSPS) is 18.7. The van der Waals surface area contributed by atoms with Gasteiger partial charge in [-0.25, -0.2) is 0 Å². The predicted molar refractivity (Wildman–Crippen MR) is 91.5 cm³/mol. The number of hydrogen-bond acceptors (Lipinski definition) is 1. The lowest BCUT2D eigenvalue weighted by Gasteiger charge is -2.35. The average molecular weight is 406 g/mol. The summed E-state index contributed by atoms with van der Waals surface area (Å²) in [7, 11) is 0. The molecule has 1 fully saturated rings. The highest BCUT2D eigenvalue weighted by Gasteiger charge is 2.45. The molecule has 1 saturated carbocycles. The molecule has 2 aromatic rings. The lowest BCUT2D eigenvalue weighted by Crippen LogP contribution is -2.31. The van der Waals surface area contributed by atoms with Crippen LogP contribution in [0.3, 0.4) is 0 Å². The molecular weight excluding hydrogens is 392 g/mol. The van der Waals surface area contributed by atoms with Crippen LogP contribution in [0, 0.1) is 0 Å². The molecule has 1 nitrogen and oxygen atoms in total. The first-order valence-electron chi connectivity index (χ1n) is 7.22. The van der Waals surface area contributed by atoms with Gasteiger partial charge in [0.1, 0.15) is 5.78 Å². The van der Waals surface area contributed by atoms with E-state index in [9.17, 15) is 4.79 Å². The summed E-state index contributed by atoms with van der Waals surface area (Å²) in [5.74, 6) is 0.403. The molecule has 0 radical (unpaired) electrons. The van der Waals surface area contributed by atoms with E-state index in [0.29, 0.717) is 18.6 Å². The molecule has 2 aliphatic rings. The zero-order valence-electron chi connectivity index (χ0n) is 11.5. The van der Waals surface area contributed by atoms with Gasteiger partial charge in [0.25, 0.3) is 0 Å². The fourth-order valence-corrected chi connectivity index (χ4v) is 4.66. The Labute approximate surface area is 141 Å². The quantitative estimate of drug-likeness (QED) is 0.555. The third-order valence-corrected chi connectivity index (χ3v) is 5.93. The third-order valence-electron chi connectivity index (χ3n) is 4.95. The van der Waals surface area contributed by atoms with Crippen molar-refractivity contribution in [1.82, 2.24) is 0 Å². The Morgan fingerprint density at radius 1 is 0.810 bits per heavy atom. The van der Waals surface area contributed by atoms with Crippen molar-refractivity contribution in [1.29, 1.82) is 0 Å². The number of benzene rings is 2. The monoisotopic (exact) mass is 404 g/mol. The molecule has 0 heterocycles. The third kappa shape index (κ3) is 1.97. The maximum absolute atomic E-state index is 11.7. The zero-order chi connectivity index (χ0) is 14.6. The number of hydrogen-bond donors (Lipinski definition) is 0. The van der Waals surface area contributed by atoms with Crippen LogP contribution < -0.4 is 0 Å². The average Bonchev–Trinajstić information content (AvgIpc) is 2.72. The number of carbonyl (C=O) groups excluding carboxylic acids is 1. The summed E-state index contributed by atoms with van der Waals surface area (Å²) in [4.78, 5) is 11.7. The molecule has 0 N–H and O–H groups in total. The van der Waals surface area contributed by atoms with Crippen LogP contribution in [-0.4, -0.2) is 5.78 Å². The van der Waals surface area contributed by atoms with Crippen LogP contribution in [-0.2, 0) is 10.2 Å². The van der Waals surface area contributed by atoms with E-state index in [-0.39, 0.29) is 5.41 Å². The van der Waals surface area contributed by atoms with Crippen molar-refractivity contribution in [2.75, 3.05) is 0 Å². The standard InChI is InChI=1S/C18H14Br2O/c19-11-1-3-14-15-4-2-12(20)10-17(15)18(16(14)9-11)7-5-13(21)6-8-18/h1-4,9-10H,5-8H2. The van der Waals surface area contributed by atoms with E-state index in [1.54, 1.807) is 0 Å². The van der Waals surface area contributed by atoms with Crippen molar-refractivity contribution in [2.45, 2.75) is 31.1 Å². The summed E-state index contributed by atoms with van der Waals surface area (Å²) >= 11 is 7.22. The van der Waals surface area contributed by atoms with E-state index in [4.69, 9.17) is 0 Å². The zero-order valence-corrected chi connectivity index (χ0v) is 14.6. The number of fused-ring (bicyclic) bond motifs is 5. The topological polar surface area (TPSA) is 17.1 Å². The molecule has 0 bridgehead atoms. The van der Waals surface area contributed by atoms with Gasteiger partial charge < -0.3 is 0 Å². The summed E-state index contributed by atoms with van der Waals surface area (Å²) in [6.07, 6.45) is 3.24. The van der Waals surface area contributed by atoms with Crippen LogP contribution in [0.2, 0.25) is 0 Å². The molecule has 4 rings (SSSR count). The number of carbonyl (C=O) groups is 1. The molecule has 2 aromatic carbocycles. The highest BCUT2D eigenvalue weighted by Crippen LogP contribution is 2.56. The van der Waals surface area contributed by atoms with E-state index in [0.717, 1.165) is 21.8 Å². The maximum Gasteiger partial charge on any atom is 0.133 e. The van der Waals surface area contributed by atoms with Gasteiger partial charge in [-0.1, -0.05) is 44.0 Å². The van der Waals surface area contributed by atoms with Crippen LogP contribution in [0.25, 0.3) is 11.1 Å². The first-order chi connectivity index (χ1) is 10.1. The van der Waals surface area contributed by atoms with Gasteiger partial charge in [0.05, 0.1) is 0 Å². The summed E-state index contributed by atoms with van der Waals surface area (Å²) in [5.41, 5.74) is 5.45. The first kappa shape index (κ1) is 13.7. The molecule has 0 aromatic heterocycles. The Morgan fingerprint density at radius 3 is 1.76 bits per heavy atom. The van der Waals surface area contributed by atoms with Crippen molar-refractivity contribution in [3.05, 3.63) is 56.5 Å². The van der Waals surface area contributed by atoms with Gasteiger partial charge in [-0.3, -0.25) is 4.79 Å². The summed E-state index contributed by atoms with van der Waals surface area (Å²) in [5, 5.41) is 0. The Kier molecular flexibility index (Phi) is 3.13. The minimum absolute atomic E-state index is 0.0200. The smallest absolute Gasteiger partial charge is 0.133 e. The maximum atomic E-state index is 11.7. The Bertz CT molecular complexity index is 700. The first-order valence-corrected chi connectivity index (χ1v) is 8.81. The second kappa shape index (κ2) is 4.79. The molecule has 106 valence electrons. The van der Waals surface area contributed by atoms with E-state index >= 15 is 0 Å². The lowest BCUT2D eigenvalue weighted by atomic mass is 9.67. The van der Waals surface area contributed by atoms with Crippen LogP contribution in [0.5, 0.6) is 0 Å². The molecule has 0 amide bonds. The highest BCUT2D eigenvalue weighted by atomic mass is 79.9. The molecule has 0 atom stereocenters.